The third-order valence-electron chi connectivity index (χ3n) is 3.89. The van der Waals surface area contributed by atoms with Gasteiger partial charge in [-0.05, 0) is 35.9 Å². The molecular formula is C18H15ClN2O5S. The number of thioether (sulfide) groups is 1. The van der Waals surface area contributed by atoms with E-state index in [2.05, 4.69) is 10.2 Å². The van der Waals surface area contributed by atoms with Crippen molar-refractivity contribution in [2.75, 3.05) is 21.0 Å². The molecule has 0 saturated carbocycles. The molecule has 7 nitrogen and oxygen atoms in total. The molecule has 1 aliphatic rings. The Balaban J connectivity index is 1.48. The summed E-state index contributed by atoms with van der Waals surface area (Å²) >= 11 is 7.62. The van der Waals surface area contributed by atoms with Crippen molar-refractivity contribution in [3.05, 3.63) is 40.9 Å². The van der Waals surface area contributed by atoms with Gasteiger partial charge in [0.2, 0.25) is 12.7 Å². The Bertz CT molecular complexity index is 978. The second-order valence-electron chi connectivity index (χ2n) is 5.54. The highest BCUT2D eigenvalue weighted by Gasteiger charge is 2.19. The van der Waals surface area contributed by atoms with Crippen LogP contribution < -0.4 is 18.9 Å². The molecule has 0 spiro atoms. The van der Waals surface area contributed by atoms with Crippen LogP contribution in [0.5, 0.6) is 23.0 Å². The molecule has 2 heterocycles. The van der Waals surface area contributed by atoms with Crippen LogP contribution in [-0.4, -0.2) is 31.2 Å². The SMILES string of the molecule is COc1ccc(-c2nnc(SCc3cc(Cl)c4c(c3)OCO4)o2)cc1OC. The lowest BCUT2D eigenvalue weighted by Crippen LogP contribution is -1.93. The van der Waals surface area contributed by atoms with Crippen LogP contribution in [0.2, 0.25) is 5.02 Å². The average Bonchev–Trinajstić information content (AvgIpc) is 3.35. The van der Waals surface area contributed by atoms with Gasteiger partial charge in [-0.2, -0.15) is 0 Å². The third kappa shape index (κ3) is 3.63. The first-order valence-corrected chi connectivity index (χ1v) is 9.31. The summed E-state index contributed by atoms with van der Waals surface area (Å²) in [5, 5.41) is 9.16. The van der Waals surface area contributed by atoms with E-state index in [1.807, 2.05) is 18.2 Å². The number of benzene rings is 2. The zero-order chi connectivity index (χ0) is 18.8. The largest absolute Gasteiger partial charge is 0.493 e. The average molecular weight is 407 g/mol. The minimum Gasteiger partial charge on any atom is -0.493 e. The molecule has 0 unspecified atom stereocenters. The van der Waals surface area contributed by atoms with Crippen LogP contribution in [0.15, 0.2) is 40.0 Å². The van der Waals surface area contributed by atoms with E-state index in [0.29, 0.717) is 44.9 Å². The summed E-state index contributed by atoms with van der Waals surface area (Å²) in [5.74, 6) is 3.47. The van der Waals surface area contributed by atoms with Crippen molar-refractivity contribution >= 4 is 23.4 Å². The van der Waals surface area contributed by atoms with Crippen molar-refractivity contribution < 1.29 is 23.4 Å². The van der Waals surface area contributed by atoms with Crippen LogP contribution in [0.1, 0.15) is 5.56 Å². The number of aromatic nitrogens is 2. The fraction of sp³-hybridized carbons (Fsp3) is 0.222. The van der Waals surface area contributed by atoms with Crippen molar-refractivity contribution in [3.8, 4) is 34.5 Å². The van der Waals surface area contributed by atoms with Gasteiger partial charge >= 0.3 is 0 Å². The van der Waals surface area contributed by atoms with Gasteiger partial charge in [-0.1, -0.05) is 23.4 Å². The molecule has 0 fully saturated rings. The zero-order valence-electron chi connectivity index (χ0n) is 14.5. The van der Waals surface area contributed by atoms with E-state index >= 15 is 0 Å². The van der Waals surface area contributed by atoms with Crippen molar-refractivity contribution in [1.82, 2.24) is 10.2 Å². The first kappa shape index (κ1) is 17.8. The monoisotopic (exact) mass is 406 g/mol. The minimum atomic E-state index is 0.185. The van der Waals surface area contributed by atoms with Crippen LogP contribution in [0.3, 0.4) is 0 Å². The van der Waals surface area contributed by atoms with Gasteiger partial charge in [0.25, 0.3) is 5.22 Å². The van der Waals surface area contributed by atoms with E-state index in [1.54, 1.807) is 26.4 Å². The number of halogens is 1. The van der Waals surface area contributed by atoms with Crippen molar-refractivity contribution in [1.29, 1.82) is 0 Å². The molecule has 4 rings (SSSR count). The van der Waals surface area contributed by atoms with Gasteiger partial charge in [-0.3, -0.25) is 0 Å². The van der Waals surface area contributed by atoms with Crippen LogP contribution in [0, 0.1) is 0 Å². The Labute approximate surface area is 164 Å². The topological polar surface area (TPSA) is 75.8 Å². The molecule has 0 aliphatic carbocycles. The fourth-order valence-electron chi connectivity index (χ4n) is 2.60. The highest BCUT2D eigenvalue weighted by molar-refractivity contribution is 7.98. The number of ether oxygens (including phenoxy) is 4. The molecule has 3 aromatic rings. The Morgan fingerprint density at radius 3 is 2.74 bits per heavy atom. The fourth-order valence-corrected chi connectivity index (χ4v) is 3.58. The molecule has 0 saturated heterocycles. The maximum Gasteiger partial charge on any atom is 0.277 e. The van der Waals surface area contributed by atoms with E-state index in [-0.39, 0.29) is 6.79 Å². The first-order chi connectivity index (χ1) is 13.2. The number of hydrogen-bond acceptors (Lipinski definition) is 8. The lowest BCUT2D eigenvalue weighted by atomic mass is 10.2. The van der Waals surface area contributed by atoms with E-state index < -0.39 is 0 Å². The van der Waals surface area contributed by atoms with Gasteiger partial charge in [0, 0.05) is 11.3 Å². The van der Waals surface area contributed by atoms with Crippen LogP contribution >= 0.6 is 23.4 Å². The maximum absolute atomic E-state index is 6.21. The smallest absolute Gasteiger partial charge is 0.277 e. The van der Waals surface area contributed by atoms with E-state index in [0.717, 1.165) is 11.1 Å². The van der Waals surface area contributed by atoms with Crippen molar-refractivity contribution in [2.45, 2.75) is 11.0 Å². The first-order valence-electron chi connectivity index (χ1n) is 7.94. The summed E-state index contributed by atoms with van der Waals surface area (Å²) in [6.07, 6.45) is 0. The van der Waals surface area contributed by atoms with E-state index in [9.17, 15) is 0 Å². The second kappa shape index (κ2) is 7.58. The summed E-state index contributed by atoms with van der Waals surface area (Å²) in [5.41, 5.74) is 1.72. The quantitative estimate of drug-likeness (QED) is 0.556. The zero-order valence-corrected chi connectivity index (χ0v) is 16.1. The van der Waals surface area contributed by atoms with E-state index in [1.165, 1.54) is 11.8 Å². The Morgan fingerprint density at radius 1 is 1.07 bits per heavy atom. The predicted molar refractivity (Wildman–Crippen MR) is 100.0 cm³/mol. The molecule has 1 aliphatic heterocycles. The highest BCUT2D eigenvalue weighted by Crippen LogP contribution is 2.41. The lowest BCUT2D eigenvalue weighted by molar-refractivity contribution is 0.174. The molecule has 0 radical (unpaired) electrons. The molecule has 27 heavy (non-hydrogen) atoms. The van der Waals surface area contributed by atoms with Gasteiger partial charge in [-0.25, -0.2) is 0 Å². The van der Waals surface area contributed by atoms with Gasteiger partial charge in [-0.15, -0.1) is 10.2 Å². The molecule has 0 atom stereocenters. The second-order valence-corrected chi connectivity index (χ2v) is 6.88. The maximum atomic E-state index is 6.21. The Morgan fingerprint density at radius 2 is 1.93 bits per heavy atom. The van der Waals surface area contributed by atoms with Crippen LogP contribution in [0.4, 0.5) is 0 Å². The molecule has 0 N–H and O–H groups in total. The summed E-state index contributed by atoms with van der Waals surface area (Å²) in [4.78, 5) is 0. The molecule has 2 aromatic carbocycles. The van der Waals surface area contributed by atoms with Crippen molar-refractivity contribution in [3.63, 3.8) is 0 Å². The normalized spacial score (nSPS) is 12.3. The number of nitrogens with zero attached hydrogens (tertiary/aromatic N) is 2. The molecule has 140 valence electrons. The minimum absolute atomic E-state index is 0.185. The van der Waals surface area contributed by atoms with Gasteiger partial charge in [0.05, 0.1) is 19.2 Å². The van der Waals surface area contributed by atoms with Crippen LogP contribution in [-0.2, 0) is 5.75 Å². The highest BCUT2D eigenvalue weighted by atomic mass is 35.5. The number of methoxy groups -OCH3 is 2. The summed E-state index contributed by atoms with van der Waals surface area (Å²) in [6.45, 7) is 0.185. The number of rotatable bonds is 6. The Kier molecular flexibility index (Phi) is 5.00. The van der Waals surface area contributed by atoms with Gasteiger partial charge < -0.3 is 23.4 Å². The van der Waals surface area contributed by atoms with Gasteiger partial charge in [0.1, 0.15) is 0 Å². The molecule has 9 heteroatoms. The van der Waals surface area contributed by atoms with Crippen molar-refractivity contribution in [2.24, 2.45) is 0 Å². The standard InChI is InChI=1S/C18H15ClN2O5S/c1-22-13-4-3-11(7-14(13)23-2)17-20-21-18(26-17)27-8-10-5-12(19)16-15(6-10)24-9-25-16/h3-7H,8-9H2,1-2H3. The Hall–Kier alpha value is -2.58. The third-order valence-corrected chi connectivity index (χ3v) is 5.06. The molecule has 1 aromatic heterocycles. The van der Waals surface area contributed by atoms with Crippen LogP contribution in [0.25, 0.3) is 11.5 Å². The summed E-state index contributed by atoms with van der Waals surface area (Å²) in [6, 6.07) is 9.15. The summed E-state index contributed by atoms with van der Waals surface area (Å²) in [7, 11) is 3.16. The molecule has 0 bridgehead atoms. The molecule has 0 amide bonds. The number of hydrogen-bond donors (Lipinski definition) is 0. The lowest BCUT2D eigenvalue weighted by Gasteiger charge is -2.07. The number of fused-ring (bicyclic) bond motifs is 1. The summed E-state index contributed by atoms with van der Waals surface area (Å²) < 4.78 is 27.0. The predicted octanol–water partition coefficient (Wildman–Crippen LogP) is 4.43. The van der Waals surface area contributed by atoms with E-state index in [4.69, 9.17) is 35.0 Å². The van der Waals surface area contributed by atoms with Gasteiger partial charge in [0.15, 0.2) is 23.0 Å². The molecular weight excluding hydrogens is 392 g/mol.